The quantitative estimate of drug-likeness (QED) is 0.684. The molecule has 0 bridgehead atoms. The molecule has 1 N–H and O–H groups in total. The zero-order valence-electron chi connectivity index (χ0n) is 7.66. The van der Waals surface area contributed by atoms with Crippen molar-refractivity contribution < 1.29 is 0 Å². The summed E-state index contributed by atoms with van der Waals surface area (Å²) in [7, 11) is 0. The largest absolute Gasteiger partial charge is 0.372 e. The van der Waals surface area contributed by atoms with Crippen LogP contribution in [0.3, 0.4) is 0 Å². The van der Waals surface area contributed by atoms with Crippen molar-refractivity contribution in [1.29, 1.82) is 5.41 Å². The van der Waals surface area contributed by atoms with Crippen LogP contribution in [0.2, 0.25) is 0 Å². The van der Waals surface area contributed by atoms with Crippen LogP contribution in [0, 0.1) is 5.41 Å². The van der Waals surface area contributed by atoms with E-state index in [0.29, 0.717) is 0 Å². The fourth-order valence-corrected chi connectivity index (χ4v) is 1.76. The standard InChI is InChI=1S/C11H14N2/c12-9-10-3-5-11(6-4-10)13-7-1-2-8-13/h3-6,9,12H,1-2,7-8H2. The van der Waals surface area contributed by atoms with Gasteiger partial charge in [0.15, 0.2) is 0 Å². The Balaban J connectivity index is 2.16. The average molecular weight is 174 g/mol. The summed E-state index contributed by atoms with van der Waals surface area (Å²) in [5.41, 5.74) is 2.27. The van der Waals surface area contributed by atoms with Crippen LogP contribution in [0.25, 0.3) is 0 Å². The second kappa shape index (κ2) is 3.60. The van der Waals surface area contributed by atoms with Crippen molar-refractivity contribution in [1.82, 2.24) is 0 Å². The highest BCUT2D eigenvalue weighted by atomic mass is 15.1. The highest BCUT2D eigenvalue weighted by molar-refractivity contribution is 5.77. The van der Waals surface area contributed by atoms with E-state index in [9.17, 15) is 0 Å². The molecule has 0 spiro atoms. The third-order valence-corrected chi connectivity index (χ3v) is 2.53. The highest BCUT2D eigenvalue weighted by Gasteiger charge is 2.11. The van der Waals surface area contributed by atoms with Crippen molar-refractivity contribution in [3.63, 3.8) is 0 Å². The van der Waals surface area contributed by atoms with E-state index in [-0.39, 0.29) is 0 Å². The predicted octanol–water partition coefficient (Wildman–Crippen LogP) is 2.28. The zero-order chi connectivity index (χ0) is 9.10. The van der Waals surface area contributed by atoms with Gasteiger partial charge in [-0.05, 0) is 30.5 Å². The van der Waals surface area contributed by atoms with Crippen molar-refractivity contribution in [2.75, 3.05) is 18.0 Å². The Morgan fingerprint density at radius 1 is 1.08 bits per heavy atom. The van der Waals surface area contributed by atoms with E-state index in [4.69, 9.17) is 5.41 Å². The topological polar surface area (TPSA) is 27.1 Å². The zero-order valence-corrected chi connectivity index (χ0v) is 7.66. The fourth-order valence-electron chi connectivity index (χ4n) is 1.76. The maximum atomic E-state index is 7.08. The fraction of sp³-hybridized carbons (Fsp3) is 0.364. The molecule has 1 aromatic carbocycles. The number of nitrogens with one attached hydrogen (secondary N) is 1. The number of hydrogen-bond donors (Lipinski definition) is 1. The van der Waals surface area contributed by atoms with Crippen LogP contribution in [-0.4, -0.2) is 19.3 Å². The second-order valence-electron chi connectivity index (χ2n) is 3.43. The van der Waals surface area contributed by atoms with Gasteiger partial charge < -0.3 is 10.3 Å². The summed E-state index contributed by atoms with van der Waals surface area (Å²) in [6, 6.07) is 8.21. The van der Waals surface area contributed by atoms with Gasteiger partial charge in [-0.1, -0.05) is 12.1 Å². The van der Waals surface area contributed by atoms with Gasteiger partial charge in [0.05, 0.1) is 0 Å². The van der Waals surface area contributed by atoms with Gasteiger partial charge in [0.25, 0.3) is 0 Å². The molecule has 0 atom stereocenters. The predicted molar refractivity (Wildman–Crippen MR) is 55.8 cm³/mol. The molecule has 0 saturated carbocycles. The number of benzene rings is 1. The van der Waals surface area contributed by atoms with Crippen LogP contribution in [0.1, 0.15) is 18.4 Å². The van der Waals surface area contributed by atoms with Crippen LogP contribution in [0.15, 0.2) is 24.3 Å². The molecule has 2 rings (SSSR count). The number of hydrogen-bond acceptors (Lipinski definition) is 2. The molecule has 1 heterocycles. The molecule has 0 aliphatic carbocycles. The molecule has 1 aliphatic rings. The summed E-state index contributed by atoms with van der Waals surface area (Å²) in [5, 5.41) is 7.08. The normalized spacial score (nSPS) is 16.2. The molecular formula is C11H14N2. The van der Waals surface area contributed by atoms with Crippen molar-refractivity contribution in [2.45, 2.75) is 12.8 Å². The van der Waals surface area contributed by atoms with Gasteiger partial charge in [-0.3, -0.25) is 0 Å². The first-order valence-electron chi connectivity index (χ1n) is 4.75. The van der Waals surface area contributed by atoms with Crippen molar-refractivity contribution in [2.24, 2.45) is 0 Å². The van der Waals surface area contributed by atoms with Gasteiger partial charge in [-0.2, -0.15) is 0 Å². The molecule has 1 aliphatic heterocycles. The Kier molecular flexibility index (Phi) is 2.30. The molecule has 0 radical (unpaired) electrons. The van der Waals surface area contributed by atoms with Crippen molar-refractivity contribution in [3.05, 3.63) is 29.8 Å². The Labute approximate surface area is 78.7 Å². The smallest absolute Gasteiger partial charge is 0.0366 e. The van der Waals surface area contributed by atoms with E-state index in [1.54, 1.807) is 0 Å². The summed E-state index contributed by atoms with van der Waals surface area (Å²) in [4.78, 5) is 2.40. The van der Waals surface area contributed by atoms with Gasteiger partial charge in [0, 0.05) is 25.0 Å². The lowest BCUT2D eigenvalue weighted by atomic mass is 10.2. The van der Waals surface area contributed by atoms with E-state index in [1.807, 2.05) is 12.1 Å². The maximum absolute atomic E-state index is 7.08. The second-order valence-corrected chi connectivity index (χ2v) is 3.43. The van der Waals surface area contributed by atoms with Gasteiger partial charge in [0.2, 0.25) is 0 Å². The summed E-state index contributed by atoms with van der Waals surface area (Å²) < 4.78 is 0. The van der Waals surface area contributed by atoms with Gasteiger partial charge in [-0.15, -0.1) is 0 Å². The van der Waals surface area contributed by atoms with Crippen molar-refractivity contribution in [3.8, 4) is 0 Å². The monoisotopic (exact) mass is 174 g/mol. The van der Waals surface area contributed by atoms with Gasteiger partial charge >= 0.3 is 0 Å². The third kappa shape index (κ3) is 1.72. The molecule has 0 unspecified atom stereocenters. The van der Waals surface area contributed by atoms with E-state index in [0.717, 1.165) is 5.56 Å². The lowest BCUT2D eigenvalue weighted by Crippen LogP contribution is -2.17. The van der Waals surface area contributed by atoms with Gasteiger partial charge in [0.1, 0.15) is 0 Å². The molecule has 1 fully saturated rings. The molecule has 13 heavy (non-hydrogen) atoms. The molecule has 0 aromatic heterocycles. The Morgan fingerprint density at radius 3 is 2.23 bits per heavy atom. The molecule has 0 amide bonds. The summed E-state index contributed by atoms with van der Waals surface area (Å²) in [5.74, 6) is 0. The molecule has 1 saturated heterocycles. The first-order valence-corrected chi connectivity index (χ1v) is 4.75. The van der Waals surface area contributed by atoms with E-state index in [2.05, 4.69) is 17.0 Å². The van der Waals surface area contributed by atoms with Crippen LogP contribution in [-0.2, 0) is 0 Å². The van der Waals surface area contributed by atoms with E-state index in [1.165, 1.54) is 37.8 Å². The first-order chi connectivity index (χ1) is 6.40. The average Bonchev–Trinajstić information content (AvgIpc) is 2.71. The molecular weight excluding hydrogens is 160 g/mol. The van der Waals surface area contributed by atoms with Crippen LogP contribution in [0.4, 0.5) is 5.69 Å². The summed E-state index contributed by atoms with van der Waals surface area (Å²) in [6.45, 7) is 2.37. The molecule has 1 aromatic rings. The Hall–Kier alpha value is -1.31. The van der Waals surface area contributed by atoms with Crippen LogP contribution in [0.5, 0.6) is 0 Å². The molecule has 2 heteroatoms. The first kappa shape index (κ1) is 8.30. The van der Waals surface area contributed by atoms with E-state index >= 15 is 0 Å². The highest BCUT2D eigenvalue weighted by Crippen LogP contribution is 2.19. The minimum Gasteiger partial charge on any atom is -0.372 e. The number of anilines is 1. The minimum absolute atomic E-state index is 0.975. The number of nitrogens with zero attached hydrogens (tertiary/aromatic N) is 1. The van der Waals surface area contributed by atoms with Crippen molar-refractivity contribution >= 4 is 11.9 Å². The van der Waals surface area contributed by atoms with Gasteiger partial charge in [-0.25, -0.2) is 0 Å². The molecule has 68 valence electrons. The lowest BCUT2D eigenvalue weighted by Gasteiger charge is -2.17. The lowest BCUT2D eigenvalue weighted by molar-refractivity contribution is 0.949. The van der Waals surface area contributed by atoms with Crippen LogP contribution < -0.4 is 4.90 Å². The Bertz CT molecular complexity index is 283. The minimum atomic E-state index is 0.975. The van der Waals surface area contributed by atoms with E-state index < -0.39 is 0 Å². The summed E-state index contributed by atoms with van der Waals surface area (Å²) >= 11 is 0. The molecule has 2 nitrogen and oxygen atoms in total. The Morgan fingerprint density at radius 2 is 1.69 bits per heavy atom. The number of rotatable bonds is 2. The third-order valence-electron chi connectivity index (χ3n) is 2.53. The van der Waals surface area contributed by atoms with Crippen LogP contribution >= 0.6 is 0 Å². The summed E-state index contributed by atoms with van der Waals surface area (Å²) in [6.07, 6.45) is 4.01. The maximum Gasteiger partial charge on any atom is 0.0366 e. The SMILES string of the molecule is N=Cc1ccc(N2CCCC2)cc1.